The van der Waals surface area contributed by atoms with Gasteiger partial charge in [0, 0.05) is 12.0 Å². The van der Waals surface area contributed by atoms with E-state index in [1.807, 2.05) is 0 Å². The van der Waals surface area contributed by atoms with E-state index in [1.165, 1.54) is 37.9 Å². The fraction of sp³-hybridized carbons (Fsp3) is 0.750. The molecule has 1 heterocycles. The molecule has 0 aromatic rings. The van der Waals surface area contributed by atoms with E-state index in [0.29, 0.717) is 5.41 Å². The summed E-state index contributed by atoms with van der Waals surface area (Å²) in [5.41, 5.74) is 2.06. The van der Waals surface area contributed by atoms with Crippen molar-refractivity contribution in [2.45, 2.75) is 19.3 Å². The van der Waals surface area contributed by atoms with Gasteiger partial charge in [-0.15, -0.1) is 0 Å². The first-order valence-electron chi connectivity index (χ1n) is 3.72. The highest BCUT2D eigenvalue weighted by Gasteiger charge is 2.42. The Bertz CT molecular complexity index is 143. The molecule has 1 atom stereocenters. The van der Waals surface area contributed by atoms with Gasteiger partial charge in [0.2, 0.25) is 0 Å². The Labute approximate surface area is 56.1 Å². The van der Waals surface area contributed by atoms with Crippen LogP contribution in [0.1, 0.15) is 19.3 Å². The molecule has 0 aromatic heterocycles. The summed E-state index contributed by atoms with van der Waals surface area (Å²) in [5.74, 6) is 0. The zero-order valence-electron chi connectivity index (χ0n) is 5.74. The third kappa shape index (κ3) is 0.584. The quantitative estimate of drug-likeness (QED) is 0.479. The summed E-state index contributed by atoms with van der Waals surface area (Å²) in [4.78, 5) is 0. The molecule has 2 rings (SSSR count). The normalized spacial score (nSPS) is 41.6. The van der Waals surface area contributed by atoms with Crippen LogP contribution >= 0.6 is 0 Å². The van der Waals surface area contributed by atoms with Crippen LogP contribution in [0.3, 0.4) is 0 Å². The van der Waals surface area contributed by atoms with Crippen LogP contribution in [0.2, 0.25) is 0 Å². The van der Waals surface area contributed by atoms with Crippen LogP contribution in [0, 0.1) is 5.41 Å². The van der Waals surface area contributed by atoms with Crippen molar-refractivity contribution in [2.24, 2.45) is 5.41 Å². The summed E-state index contributed by atoms with van der Waals surface area (Å²) < 4.78 is 0. The fourth-order valence-corrected chi connectivity index (χ4v) is 1.91. The Balaban J connectivity index is 2.14. The van der Waals surface area contributed by atoms with Crippen molar-refractivity contribution in [1.82, 2.24) is 5.32 Å². The second-order valence-corrected chi connectivity index (χ2v) is 3.31. The Morgan fingerprint density at radius 3 is 2.56 bits per heavy atom. The highest BCUT2D eigenvalue weighted by molar-refractivity contribution is 5.22. The monoisotopic (exact) mass is 123 g/mol. The predicted octanol–water partition coefficient (Wildman–Crippen LogP) is 1.32. The molecular weight excluding hydrogens is 110 g/mol. The molecule has 0 bridgehead atoms. The maximum Gasteiger partial charge on any atom is 0.00491 e. The van der Waals surface area contributed by atoms with Gasteiger partial charge in [0.1, 0.15) is 0 Å². The summed E-state index contributed by atoms with van der Waals surface area (Å²) in [5, 5.41) is 3.38. The van der Waals surface area contributed by atoms with Crippen LogP contribution in [-0.4, -0.2) is 13.1 Å². The molecule has 0 unspecified atom stereocenters. The average molecular weight is 123 g/mol. The van der Waals surface area contributed by atoms with Crippen molar-refractivity contribution in [3.63, 3.8) is 0 Å². The van der Waals surface area contributed by atoms with E-state index in [9.17, 15) is 0 Å². The van der Waals surface area contributed by atoms with Crippen molar-refractivity contribution >= 4 is 0 Å². The lowest BCUT2D eigenvalue weighted by atomic mass is 9.65. The molecule has 1 saturated heterocycles. The summed E-state index contributed by atoms with van der Waals surface area (Å²) in [6, 6.07) is 0. The van der Waals surface area contributed by atoms with E-state index in [0.717, 1.165) is 0 Å². The van der Waals surface area contributed by atoms with Gasteiger partial charge < -0.3 is 5.32 Å². The Kier molecular flexibility index (Phi) is 0.974. The Morgan fingerprint density at radius 2 is 2.33 bits per heavy atom. The van der Waals surface area contributed by atoms with Crippen molar-refractivity contribution in [3.05, 3.63) is 12.2 Å². The minimum Gasteiger partial charge on any atom is -0.316 e. The maximum absolute atomic E-state index is 4.06. The zero-order chi connectivity index (χ0) is 6.32. The molecule has 50 valence electrons. The molecule has 1 aliphatic heterocycles. The van der Waals surface area contributed by atoms with Gasteiger partial charge in [0.15, 0.2) is 0 Å². The van der Waals surface area contributed by atoms with Crippen LogP contribution in [0.25, 0.3) is 0 Å². The van der Waals surface area contributed by atoms with Gasteiger partial charge in [-0.2, -0.15) is 0 Å². The van der Waals surface area contributed by atoms with E-state index in [1.54, 1.807) is 0 Å². The number of rotatable bonds is 0. The topological polar surface area (TPSA) is 12.0 Å². The van der Waals surface area contributed by atoms with E-state index in [2.05, 4.69) is 11.9 Å². The first kappa shape index (κ1) is 5.48. The number of hydrogen-bond acceptors (Lipinski definition) is 1. The van der Waals surface area contributed by atoms with Crippen molar-refractivity contribution in [3.8, 4) is 0 Å². The summed E-state index contributed by atoms with van der Waals surface area (Å²) >= 11 is 0. The minimum absolute atomic E-state index is 0.569. The van der Waals surface area contributed by atoms with Crippen LogP contribution in [0.15, 0.2) is 12.2 Å². The lowest BCUT2D eigenvalue weighted by Gasteiger charge is -2.40. The SMILES string of the molecule is C=C1CC[C@@]12CCNC2. The fourth-order valence-electron chi connectivity index (χ4n) is 1.91. The molecule has 1 aliphatic carbocycles. The molecule has 1 nitrogen and oxygen atoms in total. The molecule has 1 saturated carbocycles. The summed E-state index contributed by atoms with van der Waals surface area (Å²) in [7, 11) is 0. The second kappa shape index (κ2) is 1.60. The van der Waals surface area contributed by atoms with E-state index < -0.39 is 0 Å². The molecule has 0 amide bonds. The Hall–Kier alpha value is -0.300. The van der Waals surface area contributed by atoms with E-state index in [-0.39, 0.29) is 0 Å². The van der Waals surface area contributed by atoms with Crippen LogP contribution in [0.5, 0.6) is 0 Å². The molecule has 1 N–H and O–H groups in total. The highest BCUT2D eigenvalue weighted by Crippen LogP contribution is 2.49. The Morgan fingerprint density at radius 1 is 1.44 bits per heavy atom. The highest BCUT2D eigenvalue weighted by atomic mass is 14.9. The molecule has 0 aromatic carbocycles. The largest absolute Gasteiger partial charge is 0.316 e. The van der Waals surface area contributed by atoms with Gasteiger partial charge in [-0.05, 0) is 25.8 Å². The lowest BCUT2D eigenvalue weighted by Crippen LogP contribution is -2.33. The standard InChI is InChI=1S/C8H13N/c1-7-2-3-8(7)4-5-9-6-8/h9H,1-6H2/t8-/m0/s1. The van der Waals surface area contributed by atoms with Crippen molar-refractivity contribution < 1.29 is 0 Å². The van der Waals surface area contributed by atoms with Gasteiger partial charge in [-0.1, -0.05) is 12.2 Å². The minimum atomic E-state index is 0.569. The molecule has 9 heavy (non-hydrogen) atoms. The van der Waals surface area contributed by atoms with Crippen molar-refractivity contribution in [2.75, 3.05) is 13.1 Å². The molecule has 1 spiro atoms. The molecular formula is C8H13N. The first-order valence-corrected chi connectivity index (χ1v) is 3.72. The molecule has 1 heteroatoms. The van der Waals surface area contributed by atoms with E-state index in [4.69, 9.17) is 0 Å². The third-order valence-electron chi connectivity index (χ3n) is 2.90. The molecule has 2 aliphatic rings. The van der Waals surface area contributed by atoms with E-state index >= 15 is 0 Å². The van der Waals surface area contributed by atoms with Gasteiger partial charge in [0.25, 0.3) is 0 Å². The number of nitrogens with one attached hydrogen (secondary N) is 1. The van der Waals surface area contributed by atoms with Crippen LogP contribution in [0.4, 0.5) is 0 Å². The number of hydrogen-bond donors (Lipinski definition) is 1. The first-order chi connectivity index (χ1) is 4.33. The van der Waals surface area contributed by atoms with Crippen LogP contribution < -0.4 is 5.32 Å². The van der Waals surface area contributed by atoms with Gasteiger partial charge in [0.05, 0.1) is 0 Å². The second-order valence-electron chi connectivity index (χ2n) is 3.31. The van der Waals surface area contributed by atoms with Gasteiger partial charge in [-0.25, -0.2) is 0 Å². The lowest BCUT2D eigenvalue weighted by molar-refractivity contribution is 0.272. The van der Waals surface area contributed by atoms with Gasteiger partial charge >= 0.3 is 0 Å². The predicted molar refractivity (Wildman–Crippen MR) is 38.3 cm³/mol. The zero-order valence-corrected chi connectivity index (χ0v) is 5.74. The van der Waals surface area contributed by atoms with Crippen LogP contribution in [-0.2, 0) is 0 Å². The van der Waals surface area contributed by atoms with Crippen molar-refractivity contribution in [1.29, 1.82) is 0 Å². The van der Waals surface area contributed by atoms with Gasteiger partial charge in [-0.3, -0.25) is 0 Å². The molecule has 0 radical (unpaired) electrons. The summed E-state index contributed by atoms with van der Waals surface area (Å²) in [6.07, 6.45) is 4.01. The average Bonchev–Trinajstić information content (AvgIpc) is 2.34. The maximum atomic E-state index is 4.06. The third-order valence-corrected chi connectivity index (χ3v) is 2.90. The molecule has 2 fully saturated rings. The smallest absolute Gasteiger partial charge is 0.00491 e. The summed E-state index contributed by atoms with van der Waals surface area (Å²) in [6.45, 7) is 6.46.